The fraction of sp³-hybridized carbons (Fsp3) is 0.111. The van der Waals surface area contributed by atoms with Gasteiger partial charge < -0.3 is 25.0 Å². The molecule has 3 aliphatic heterocycles. The predicted octanol–water partition coefficient (Wildman–Crippen LogP) is 2.14. The van der Waals surface area contributed by atoms with E-state index in [9.17, 15) is 9.90 Å². The number of allylic oxidation sites excluding steroid dienone is 3. The van der Waals surface area contributed by atoms with Crippen molar-refractivity contribution >= 4 is 23.9 Å². The molecule has 0 aliphatic carbocycles. The molecule has 0 fully saturated rings. The number of hydrogen-bond acceptors (Lipinski definition) is 4. The van der Waals surface area contributed by atoms with Crippen LogP contribution in [0, 0.1) is 0 Å². The Kier molecular flexibility index (Phi) is 4.45. The molecule has 4 N–H and O–H groups in total. The van der Waals surface area contributed by atoms with E-state index in [0.29, 0.717) is 12.1 Å². The molecule has 8 bridgehead atoms. The molecule has 7 nitrogen and oxygen atoms in total. The second-order valence-corrected chi connectivity index (χ2v) is 8.55. The van der Waals surface area contributed by atoms with Gasteiger partial charge in [0.05, 0.1) is 17.1 Å². The summed E-state index contributed by atoms with van der Waals surface area (Å²) in [6.07, 6.45) is 18.2. The average molecular weight is 450 g/mol. The summed E-state index contributed by atoms with van der Waals surface area (Å²) in [5.74, 6) is -0.232. The largest absolute Gasteiger partial charge is 0.503 e. The summed E-state index contributed by atoms with van der Waals surface area (Å²) in [7, 11) is 0. The van der Waals surface area contributed by atoms with Crippen molar-refractivity contribution in [1.29, 1.82) is 0 Å². The summed E-state index contributed by atoms with van der Waals surface area (Å²) < 4.78 is 1.90. The average Bonchev–Trinajstić information content (AvgIpc) is 3.61. The van der Waals surface area contributed by atoms with Gasteiger partial charge in [-0.25, -0.2) is 4.99 Å². The summed E-state index contributed by atoms with van der Waals surface area (Å²) >= 11 is 0. The minimum Gasteiger partial charge on any atom is -0.503 e. The standard InChI is InChI=1S/C27H23N5O2/c1-2-24-26(34)25(33)10-12-32(24)27-11-9-22(31-27)15-21-6-5-18(29-21)13-17-3-4-19(28-17)14-20-7-8-23(16-27)30-20/h3-16,28-29,31,34H,2H2,1H3/b17-13-,19-14-,22-15-,23-16-. The minimum atomic E-state index is -0.848. The van der Waals surface area contributed by atoms with Crippen LogP contribution in [0.5, 0.6) is 5.75 Å². The Morgan fingerprint density at radius 2 is 1.76 bits per heavy atom. The highest BCUT2D eigenvalue weighted by atomic mass is 16.3. The number of rotatable bonds is 2. The molecule has 6 rings (SSSR count). The van der Waals surface area contributed by atoms with E-state index in [-0.39, 0.29) is 11.2 Å². The molecule has 0 spiro atoms. The molecule has 7 heteroatoms. The minimum absolute atomic E-state index is 0.232. The maximum absolute atomic E-state index is 12.1. The first-order chi connectivity index (χ1) is 16.5. The van der Waals surface area contributed by atoms with Gasteiger partial charge in [-0.1, -0.05) is 6.92 Å². The van der Waals surface area contributed by atoms with Gasteiger partial charge in [-0.3, -0.25) is 4.79 Å². The van der Waals surface area contributed by atoms with Gasteiger partial charge >= 0.3 is 0 Å². The summed E-state index contributed by atoms with van der Waals surface area (Å²) in [4.78, 5) is 23.8. The number of fused-ring (bicyclic) bond motifs is 7. The van der Waals surface area contributed by atoms with Crippen molar-refractivity contribution in [2.45, 2.75) is 19.0 Å². The summed E-state index contributed by atoms with van der Waals surface area (Å²) in [6, 6.07) is 9.51. The van der Waals surface area contributed by atoms with Gasteiger partial charge in [0.1, 0.15) is 0 Å². The van der Waals surface area contributed by atoms with Crippen LogP contribution in [0.15, 0.2) is 88.1 Å². The van der Waals surface area contributed by atoms with E-state index in [4.69, 9.17) is 4.99 Å². The van der Waals surface area contributed by atoms with E-state index >= 15 is 0 Å². The lowest BCUT2D eigenvalue weighted by molar-refractivity contribution is 0.383. The molecule has 3 aromatic heterocycles. The highest BCUT2D eigenvalue weighted by Crippen LogP contribution is 2.32. The molecule has 34 heavy (non-hydrogen) atoms. The number of aromatic nitrogens is 3. The quantitative estimate of drug-likeness (QED) is 0.483. The van der Waals surface area contributed by atoms with E-state index < -0.39 is 5.66 Å². The molecule has 3 aliphatic rings. The summed E-state index contributed by atoms with van der Waals surface area (Å²) in [6.45, 7) is 1.92. The maximum atomic E-state index is 12.1. The Labute approximate surface area is 195 Å². The van der Waals surface area contributed by atoms with Gasteiger partial charge in [-0.2, -0.15) is 0 Å². The van der Waals surface area contributed by atoms with Gasteiger partial charge in [0, 0.05) is 40.0 Å². The molecule has 1 unspecified atom stereocenters. The van der Waals surface area contributed by atoms with Crippen molar-refractivity contribution in [3.63, 3.8) is 0 Å². The molecular weight excluding hydrogens is 426 g/mol. The van der Waals surface area contributed by atoms with Crippen molar-refractivity contribution < 1.29 is 5.11 Å². The number of hydrogen-bond donors (Lipinski definition) is 4. The van der Waals surface area contributed by atoms with Crippen LogP contribution < -0.4 is 21.4 Å². The Morgan fingerprint density at radius 1 is 0.971 bits per heavy atom. The number of nitrogens with one attached hydrogen (secondary N) is 3. The Morgan fingerprint density at radius 3 is 2.59 bits per heavy atom. The van der Waals surface area contributed by atoms with E-state index in [0.717, 1.165) is 39.2 Å². The van der Waals surface area contributed by atoms with Gasteiger partial charge in [0.2, 0.25) is 5.43 Å². The molecular formula is C27H23N5O2. The fourth-order valence-electron chi connectivity index (χ4n) is 4.63. The fourth-order valence-corrected chi connectivity index (χ4v) is 4.63. The zero-order valence-corrected chi connectivity index (χ0v) is 18.5. The zero-order valence-electron chi connectivity index (χ0n) is 18.5. The number of aromatic amines is 2. The highest BCUT2D eigenvalue weighted by molar-refractivity contribution is 6.19. The number of nitrogens with zero attached hydrogens (tertiary/aromatic N) is 2. The molecule has 1 atom stereocenters. The SMILES string of the molecule is CCc1c(O)c(=O)ccn1C12C=C/C(=C/c3ccc([nH]3)/C=c3/cc/c([nH]3)=C/C3=NC(=C\1)/C=C3)N2. The molecule has 0 saturated heterocycles. The Bertz CT molecular complexity index is 1650. The van der Waals surface area contributed by atoms with Crippen molar-refractivity contribution in [3.8, 4) is 5.75 Å². The van der Waals surface area contributed by atoms with Gasteiger partial charge in [-0.05, 0) is 79.3 Å². The Hall–Kier alpha value is -4.52. The third kappa shape index (κ3) is 3.38. The normalized spacial score (nSPS) is 25.3. The first-order valence-electron chi connectivity index (χ1n) is 11.2. The molecule has 168 valence electrons. The second-order valence-electron chi connectivity index (χ2n) is 8.55. The lowest BCUT2D eigenvalue weighted by Gasteiger charge is -2.32. The van der Waals surface area contributed by atoms with E-state index in [1.165, 1.54) is 6.07 Å². The number of aromatic hydroxyl groups is 1. The van der Waals surface area contributed by atoms with Crippen LogP contribution in [0.3, 0.4) is 0 Å². The smallest absolute Gasteiger partial charge is 0.223 e. The van der Waals surface area contributed by atoms with Crippen molar-refractivity contribution in [2.24, 2.45) is 4.99 Å². The van der Waals surface area contributed by atoms with E-state index in [1.54, 1.807) is 6.20 Å². The summed E-state index contributed by atoms with van der Waals surface area (Å²) in [5, 5.41) is 16.1. The van der Waals surface area contributed by atoms with E-state index in [1.807, 2.05) is 78.3 Å². The monoisotopic (exact) mass is 449 g/mol. The predicted molar refractivity (Wildman–Crippen MR) is 133 cm³/mol. The maximum Gasteiger partial charge on any atom is 0.223 e. The second kappa shape index (κ2) is 7.52. The van der Waals surface area contributed by atoms with Crippen molar-refractivity contribution in [1.82, 2.24) is 19.9 Å². The molecule has 0 radical (unpaired) electrons. The van der Waals surface area contributed by atoms with Crippen molar-refractivity contribution in [2.75, 3.05) is 0 Å². The summed E-state index contributed by atoms with van der Waals surface area (Å²) in [5.41, 5.74) is 3.74. The first-order valence-corrected chi connectivity index (χ1v) is 11.2. The zero-order chi connectivity index (χ0) is 23.3. The van der Waals surface area contributed by atoms with Crippen LogP contribution in [-0.2, 0) is 12.1 Å². The van der Waals surface area contributed by atoms with Gasteiger partial charge in [0.25, 0.3) is 0 Å². The van der Waals surface area contributed by atoms with Crippen LogP contribution >= 0.6 is 0 Å². The van der Waals surface area contributed by atoms with Gasteiger partial charge in [0.15, 0.2) is 11.4 Å². The van der Waals surface area contributed by atoms with Crippen LogP contribution in [0.2, 0.25) is 0 Å². The third-order valence-corrected chi connectivity index (χ3v) is 6.21. The molecule has 6 heterocycles. The molecule has 0 saturated carbocycles. The van der Waals surface area contributed by atoms with Gasteiger partial charge in [-0.15, -0.1) is 0 Å². The molecule has 0 aromatic carbocycles. The topological polar surface area (TPSA) is 98.2 Å². The Balaban J connectivity index is 1.59. The number of aliphatic imine (C=N–C) groups is 1. The third-order valence-electron chi connectivity index (χ3n) is 6.21. The lowest BCUT2D eigenvalue weighted by Crippen LogP contribution is -2.42. The van der Waals surface area contributed by atoms with Crippen LogP contribution in [0.4, 0.5) is 0 Å². The first kappa shape index (κ1) is 20.1. The highest BCUT2D eigenvalue weighted by Gasteiger charge is 2.34. The molecule has 3 aromatic rings. The molecule has 0 amide bonds. The van der Waals surface area contributed by atoms with Crippen LogP contribution in [0.25, 0.3) is 18.2 Å². The number of pyridine rings is 1. The number of H-pyrrole nitrogens is 2. The van der Waals surface area contributed by atoms with Crippen LogP contribution in [-0.4, -0.2) is 25.4 Å². The van der Waals surface area contributed by atoms with E-state index in [2.05, 4.69) is 21.4 Å². The van der Waals surface area contributed by atoms with Crippen molar-refractivity contribution in [3.05, 3.63) is 116 Å². The lowest BCUT2D eigenvalue weighted by atomic mass is 10.1. The van der Waals surface area contributed by atoms with Crippen LogP contribution in [0.1, 0.15) is 24.0 Å².